The molecule has 2 saturated carbocycles. The van der Waals surface area contributed by atoms with Crippen LogP contribution in [0.25, 0.3) is 0 Å². The van der Waals surface area contributed by atoms with Crippen molar-refractivity contribution < 1.29 is 8.42 Å². The molecule has 0 aromatic heterocycles. The number of nitrogens with zero attached hydrogens (tertiary/aromatic N) is 1. The fourth-order valence-electron chi connectivity index (χ4n) is 2.50. The van der Waals surface area contributed by atoms with E-state index in [9.17, 15) is 13.7 Å². The van der Waals surface area contributed by atoms with Crippen molar-refractivity contribution in [2.45, 2.75) is 56.9 Å². The summed E-state index contributed by atoms with van der Waals surface area (Å²) in [6.45, 7) is 0. The monoisotopic (exact) mass is 256 g/mol. The quantitative estimate of drug-likeness (QED) is 0.781. The van der Waals surface area contributed by atoms with Gasteiger partial charge < -0.3 is 0 Å². The molecule has 0 unspecified atom stereocenters. The van der Waals surface area contributed by atoms with E-state index in [2.05, 4.69) is 10.8 Å². The molecule has 4 nitrogen and oxygen atoms in total. The van der Waals surface area contributed by atoms with Gasteiger partial charge in [0, 0.05) is 0 Å². The minimum atomic E-state index is -3.28. The Morgan fingerprint density at radius 2 is 1.76 bits per heavy atom. The molecule has 0 aromatic carbocycles. The van der Waals surface area contributed by atoms with Crippen LogP contribution in [0.15, 0.2) is 0 Å². The SMILES string of the molecule is N#CC1(NS(=O)(=O)CC2CC2)CCCCCC1. The third-order valence-electron chi connectivity index (χ3n) is 3.67. The highest BCUT2D eigenvalue weighted by atomic mass is 32.2. The van der Waals surface area contributed by atoms with Gasteiger partial charge in [-0.15, -0.1) is 0 Å². The number of nitriles is 1. The summed E-state index contributed by atoms with van der Waals surface area (Å²) in [7, 11) is -3.28. The van der Waals surface area contributed by atoms with Gasteiger partial charge in [0.05, 0.1) is 11.8 Å². The van der Waals surface area contributed by atoms with E-state index in [4.69, 9.17) is 0 Å². The third-order valence-corrected chi connectivity index (χ3v) is 5.29. The largest absolute Gasteiger partial charge is 0.213 e. The van der Waals surface area contributed by atoms with Crippen LogP contribution in [0.2, 0.25) is 0 Å². The number of hydrogen-bond acceptors (Lipinski definition) is 3. The number of hydrogen-bond donors (Lipinski definition) is 1. The predicted molar refractivity (Wildman–Crippen MR) is 65.7 cm³/mol. The first kappa shape index (κ1) is 12.8. The Morgan fingerprint density at radius 3 is 2.24 bits per heavy atom. The Labute approximate surface area is 103 Å². The Kier molecular flexibility index (Phi) is 3.74. The molecule has 0 amide bonds. The van der Waals surface area contributed by atoms with E-state index in [1.165, 1.54) is 0 Å². The lowest BCUT2D eigenvalue weighted by atomic mass is 9.94. The van der Waals surface area contributed by atoms with Crippen molar-refractivity contribution in [1.29, 1.82) is 5.26 Å². The molecule has 2 aliphatic rings. The van der Waals surface area contributed by atoms with Crippen molar-refractivity contribution in [2.24, 2.45) is 5.92 Å². The smallest absolute Gasteiger partial charge is 0.212 e. The van der Waals surface area contributed by atoms with E-state index in [1.807, 2.05) is 0 Å². The minimum absolute atomic E-state index is 0.205. The van der Waals surface area contributed by atoms with Gasteiger partial charge in [0.15, 0.2) is 0 Å². The molecule has 0 spiro atoms. The molecule has 96 valence electrons. The molecule has 2 aliphatic carbocycles. The topological polar surface area (TPSA) is 70.0 Å². The highest BCUT2D eigenvalue weighted by Crippen LogP contribution is 2.32. The maximum absolute atomic E-state index is 12.0. The molecule has 2 rings (SSSR count). The van der Waals surface area contributed by atoms with Crippen LogP contribution < -0.4 is 4.72 Å². The molecule has 0 atom stereocenters. The zero-order valence-electron chi connectivity index (χ0n) is 10.1. The van der Waals surface area contributed by atoms with Gasteiger partial charge >= 0.3 is 0 Å². The first-order valence-electron chi connectivity index (χ1n) is 6.48. The lowest BCUT2D eigenvalue weighted by Gasteiger charge is -2.25. The summed E-state index contributed by atoms with van der Waals surface area (Å²) in [6, 6.07) is 2.22. The first-order valence-corrected chi connectivity index (χ1v) is 8.13. The Morgan fingerprint density at radius 1 is 1.18 bits per heavy atom. The molecular formula is C12H20N2O2S. The average molecular weight is 256 g/mol. The van der Waals surface area contributed by atoms with Crippen LogP contribution in [-0.2, 0) is 10.0 Å². The maximum Gasteiger partial charge on any atom is 0.213 e. The lowest BCUT2D eigenvalue weighted by Crippen LogP contribution is -2.48. The minimum Gasteiger partial charge on any atom is -0.212 e. The molecule has 5 heteroatoms. The van der Waals surface area contributed by atoms with Crippen LogP contribution in [0.1, 0.15) is 51.4 Å². The van der Waals surface area contributed by atoms with E-state index in [0.29, 0.717) is 18.8 Å². The van der Waals surface area contributed by atoms with Gasteiger partial charge in [-0.05, 0) is 31.6 Å². The number of nitrogens with one attached hydrogen (secondary N) is 1. The molecular weight excluding hydrogens is 236 g/mol. The second-order valence-corrected chi connectivity index (χ2v) is 7.20. The van der Waals surface area contributed by atoms with Crippen LogP contribution in [0, 0.1) is 17.2 Å². The van der Waals surface area contributed by atoms with Gasteiger partial charge in [0.2, 0.25) is 10.0 Å². The fourth-order valence-corrected chi connectivity index (χ4v) is 4.39. The van der Waals surface area contributed by atoms with E-state index in [0.717, 1.165) is 38.5 Å². The second kappa shape index (κ2) is 4.95. The Hall–Kier alpha value is -0.600. The van der Waals surface area contributed by atoms with Crippen molar-refractivity contribution in [3.63, 3.8) is 0 Å². The zero-order valence-corrected chi connectivity index (χ0v) is 10.9. The predicted octanol–water partition coefficient (Wildman–Crippen LogP) is 1.93. The summed E-state index contributed by atoms with van der Waals surface area (Å²) in [5.74, 6) is 0.533. The molecule has 0 saturated heterocycles. The van der Waals surface area contributed by atoms with Crippen molar-refractivity contribution in [2.75, 3.05) is 5.75 Å². The highest BCUT2D eigenvalue weighted by molar-refractivity contribution is 7.89. The summed E-state index contributed by atoms with van der Waals surface area (Å²) in [5, 5.41) is 9.30. The number of sulfonamides is 1. The normalized spacial score (nSPS) is 24.9. The van der Waals surface area contributed by atoms with E-state index < -0.39 is 15.6 Å². The third kappa shape index (κ3) is 3.68. The summed E-state index contributed by atoms with van der Waals surface area (Å²) in [5.41, 5.74) is -0.829. The lowest BCUT2D eigenvalue weighted by molar-refractivity contribution is 0.421. The van der Waals surface area contributed by atoms with Gasteiger partial charge in [0.25, 0.3) is 0 Å². The van der Waals surface area contributed by atoms with Crippen LogP contribution in [0.5, 0.6) is 0 Å². The van der Waals surface area contributed by atoms with Crippen molar-refractivity contribution in [1.82, 2.24) is 4.72 Å². The van der Waals surface area contributed by atoms with E-state index >= 15 is 0 Å². The second-order valence-electron chi connectivity index (χ2n) is 5.43. The summed E-state index contributed by atoms with van der Waals surface area (Å²) >= 11 is 0. The van der Waals surface area contributed by atoms with Gasteiger partial charge in [-0.25, -0.2) is 8.42 Å². The van der Waals surface area contributed by atoms with Crippen molar-refractivity contribution >= 4 is 10.0 Å². The van der Waals surface area contributed by atoms with Gasteiger partial charge in [0.1, 0.15) is 5.54 Å². The van der Waals surface area contributed by atoms with Gasteiger partial charge in [-0.1, -0.05) is 25.7 Å². The van der Waals surface area contributed by atoms with Gasteiger partial charge in [-0.3, -0.25) is 0 Å². The Balaban J connectivity index is 2.04. The standard InChI is InChI=1S/C12H20N2O2S/c13-10-12(7-3-1-2-4-8-12)14-17(15,16)9-11-5-6-11/h11,14H,1-9H2. The summed E-state index contributed by atoms with van der Waals surface area (Å²) in [6.07, 6.45) is 7.45. The molecule has 2 fully saturated rings. The average Bonchev–Trinajstić information content (AvgIpc) is 3.05. The fraction of sp³-hybridized carbons (Fsp3) is 0.917. The van der Waals surface area contributed by atoms with Crippen LogP contribution in [0.3, 0.4) is 0 Å². The molecule has 0 bridgehead atoms. The summed E-state index contributed by atoms with van der Waals surface area (Å²) in [4.78, 5) is 0. The van der Waals surface area contributed by atoms with Crippen molar-refractivity contribution in [3.8, 4) is 6.07 Å². The van der Waals surface area contributed by atoms with Crippen LogP contribution in [-0.4, -0.2) is 19.7 Å². The number of rotatable bonds is 4. The highest BCUT2D eigenvalue weighted by Gasteiger charge is 2.37. The maximum atomic E-state index is 12.0. The molecule has 0 aliphatic heterocycles. The molecule has 0 aromatic rings. The van der Waals surface area contributed by atoms with Gasteiger partial charge in [-0.2, -0.15) is 9.98 Å². The molecule has 0 radical (unpaired) electrons. The summed E-state index contributed by atoms with van der Waals surface area (Å²) < 4.78 is 26.6. The van der Waals surface area contributed by atoms with Crippen molar-refractivity contribution in [3.05, 3.63) is 0 Å². The van der Waals surface area contributed by atoms with E-state index in [-0.39, 0.29) is 5.75 Å². The molecule has 17 heavy (non-hydrogen) atoms. The molecule has 1 N–H and O–H groups in total. The first-order chi connectivity index (χ1) is 8.05. The molecule has 0 heterocycles. The zero-order chi connectivity index (χ0) is 12.4. The Bertz CT molecular complexity index is 399. The van der Waals surface area contributed by atoms with E-state index in [1.54, 1.807) is 0 Å². The van der Waals surface area contributed by atoms with Crippen LogP contribution in [0.4, 0.5) is 0 Å². The van der Waals surface area contributed by atoms with Crippen LogP contribution >= 0.6 is 0 Å².